The molecule has 0 spiro atoms. The minimum atomic E-state index is -1.19. The molecule has 0 aliphatic heterocycles. The molecule has 2 unspecified atom stereocenters. The predicted octanol–water partition coefficient (Wildman–Crippen LogP) is 6.49. The largest absolute Gasteiger partial charge is 0.465 e. The number of nitrogens with zero attached hydrogens (tertiary/aromatic N) is 4. The van der Waals surface area contributed by atoms with E-state index in [4.69, 9.17) is 4.98 Å². The highest BCUT2D eigenvalue weighted by molar-refractivity contribution is 5.85. The van der Waals surface area contributed by atoms with Gasteiger partial charge in [0.2, 0.25) is 11.8 Å². The topological polar surface area (TPSA) is 108 Å². The molecular formula is C34H45F2N5O4. The zero-order chi connectivity index (χ0) is 33.7. The van der Waals surface area contributed by atoms with Crippen LogP contribution in [0.1, 0.15) is 79.2 Å². The molecule has 11 heteroatoms. The first-order valence-corrected chi connectivity index (χ1v) is 15.1. The van der Waals surface area contributed by atoms with Gasteiger partial charge in [-0.2, -0.15) is 0 Å². The van der Waals surface area contributed by atoms with Gasteiger partial charge in [-0.15, -0.1) is 0 Å². The molecule has 0 fully saturated rings. The maximum absolute atomic E-state index is 14.9. The van der Waals surface area contributed by atoms with Gasteiger partial charge in [0, 0.05) is 43.9 Å². The molecule has 0 bridgehead atoms. The lowest BCUT2D eigenvalue weighted by Gasteiger charge is -2.39. The molecule has 0 aliphatic rings. The van der Waals surface area contributed by atoms with Crippen LogP contribution < -0.4 is 5.32 Å². The van der Waals surface area contributed by atoms with Crippen molar-refractivity contribution in [3.05, 3.63) is 77.8 Å². The smallest absolute Gasteiger partial charge is 0.408 e. The van der Waals surface area contributed by atoms with E-state index in [1.165, 1.54) is 13.8 Å². The Kier molecular flexibility index (Phi) is 11.1. The van der Waals surface area contributed by atoms with E-state index in [0.29, 0.717) is 18.8 Å². The highest BCUT2D eigenvalue weighted by Crippen LogP contribution is 2.39. The van der Waals surface area contributed by atoms with Gasteiger partial charge in [0.25, 0.3) is 0 Å². The van der Waals surface area contributed by atoms with Crippen LogP contribution in [0.25, 0.3) is 11.3 Å². The van der Waals surface area contributed by atoms with E-state index in [0.717, 1.165) is 28.7 Å². The quantitative estimate of drug-likeness (QED) is 0.237. The molecule has 45 heavy (non-hydrogen) atoms. The van der Waals surface area contributed by atoms with Gasteiger partial charge < -0.3 is 19.9 Å². The fourth-order valence-corrected chi connectivity index (χ4v) is 5.60. The van der Waals surface area contributed by atoms with Crippen LogP contribution in [0, 0.1) is 17.0 Å². The lowest BCUT2D eigenvalue weighted by atomic mass is 9.84. The molecule has 0 saturated carbocycles. The molecule has 2 N–H and O–H groups in total. The van der Waals surface area contributed by atoms with Crippen molar-refractivity contribution in [1.82, 2.24) is 24.7 Å². The fourth-order valence-electron chi connectivity index (χ4n) is 5.60. The van der Waals surface area contributed by atoms with Gasteiger partial charge in [-0.05, 0) is 63.3 Å². The molecule has 2 aromatic carbocycles. The van der Waals surface area contributed by atoms with Crippen molar-refractivity contribution in [2.45, 2.75) is 86.0 Å². The van der Waals surface area contributed by atoms with Crippen molar-refractivity contribution in [2.24, 2.45) is 5.41 Å². The first-order chi connectivity index (χ1) is 20.9. The average Bonchev–Trinajstić information content (AvgIpc) is 3.32. The summed E-state index contributed by atoms with van der Waals surface area (Å²) in [5.74, 6) is -1.34. The molecule has 0 saturated heterocycles. The van der Waals surface area contributed by atoms with Crippen molar-refractivity contribution in [2.75, 3.05) is 13.1 Å². The van der Waals surface area contributed by atoms with Gasteiger partial charge >= 0.3 is 6.09 Å². The predicted molar refractivity (Wildman–Crippen MR) is 169 cm³/mol. The number of imidazole rings is 1. The van der Waals surface area contributed by atoms with E-state index in [1.54, 1.807) is 31.9 Å². The zero-order valence-corrected chi connectivity index (χ0v) is 27.4. The normalized spacial score (nSPS) is 13.2. The molecule has 3 rings (SSSR count). The van der Waals surface area contributed by atoms with Crippen LogP contribution in [0.3, 0.4) is 0 Å². The monoisotopic (exact) mass is 625 g/mol. The molecule has 2 atom stereocenters. The summed E-state index contributed by atoms with van der Waals surface area (Å²) in [6.07, 6.45) is 0.879. The van der Waals surface area contributed by atoms with Gasteiger partial charge in [-0.1, -0.05) is 51.1 Å². The summed E-state index contributed by atoms with van der Waals surface area (Å²) in [5, 5.41) is 12.5. The Morgan fingerprint density at radius 1 is 1.02 bits per heavy atom. The van der Waals surface area contributed by atoms with Crippen LogP contribution in [0.5, 0.6) is 0 Å². The van der Waals surface area contributed by atoms with Gasteiger partial charge in [0.1, 0.15) is 23.5 Å². The Hall–Kier alpha value is -4.28. The minimum Gasteiger partial charge on any atom is -0.465 e. The summed E-state index contributed by atoms with van der Waals surface area (Å²) in [5.41, 5.74) is -0.0724. The van der Waals surface area contributed by atoms with Gasteiger partial charge in [0.15, 0.2) is 0 Å². The molecule has 1 heterocycles. The van der Waals surface area contributed by atoms with Gasteiger partial charge in [0.05, 0.1) is 11.7 Å². The van der Waals surface area contributed by atoms with Crippen LogP contribution >= 0.6 is 0 Å². The third-order valence-corrected chi connectivity index (χ3v) is 7.56. The third kappa shape index (κ3) is 8.89. The van der Waals surface area contributed by atoms with Crippen LogP contribution in [-0.2, 0) is 16.1 Å². The molecule has 0 radical (unpaired) electrons. The molecule has 0 aliphatic carbocycles. The Balaban J connectivity index is 1.93. The first-order valence-electron chi connectivity index (χ1n) is 15.1. The maximum Gasteiger partial charge on any atom is 0.408 e. The number of hydrogen-bond acceptors (Lipinski definition) is 4. The second-order valence-electron chi connectivity index (χ2n) is 13.3. The SMILES string of the molecule is CC(=O)N(CCCNC(=O)C(C)N(C(=O)O)C(C)(C)C)C(c1nc(-c2cc(F)ccc2F)cn1Cc1ccccc1)C(C)(C)C. The minimum absolute atomic E-state index is 0.0209. The molecule has 3 amide bonds. The molecule has 244 valence electrons. The zero-order valence-electron chi connectivity index (χ0n) is 27.4. The fraction of sp³-hybridized carbons (Fsp3) is 0.471. The molecule has 1 aromatic heterocycles. The third-order valence-electron chi connectivity index (χ3n) is 7.56. The Labute approximate surface area is 264 Å². The number of nitrogens with one attached hydrogen (secondary N) is 1. The van der Waals surface area contributed by atoms with Crippen molar-refractivity contribution in [3.63, 3.8) is 0 Å². The standard InChI is InChI=1S/C34H45F2N5O4/c1-22(41(32(44)45)34(6,7)8)31(43)37-17-12-18-40(23(2)42)29(33(3,4)5)30-38-28(26-19-25(35)15-16-27(26)36)21-39(30)20-24-13-10-9-11-14-24/h9-11,13-16,19,21-22,29H,12,17-18,20H2,1-8H3,(H,37,43)(H,44,45). The molecule has 3 aromatic rings. The number of carbonyl (C=O) groups excluding carboxylic acids is 2. The number of halogens is 2. The van der Waals surface area contributed by atoms with Gasteiger partial charge in [-0.25, -0.2) is 18.6 Å². The number of carbonyl (C=O) groups is 3. The van der Waals surface area contributed by atoms with E-state index < -0.39 is 46.7 Å². The highest BCUT2D eigenvalue weighted by Gasteiger charge is 2.38. The van der Waals surface area contributed by atoms with E-state index in [9.17, 15) is 28.3 Å². The summed E-state index contributed by atoms with van der Waals surface area (Å²) in [6.45, 7) is 15.0. The summed E-state index contributed by atoms with van der Waals surface area (Å²) in [4.78, 5) is 45.5. The lowest BCUT2D eigenvalue weighted by Crippen LogP contribution is -2.55. The number of rotatable bonds is 11. The number of benzene rings is 2. The van der Waals surface area contributed by atoms with Crippen LogP contribution in [-0.4, -0.2) is 67.0 Å². The number of aromatic nitrogens is 2. The van der Waals surface area contributed by atoms with Gasteiger partial charge in [-0.3, -0.25) is 14.5 Å². The van der Waals surface area contributed by atoms with E-state index in [1.807, 2.05) is 55.7 Å². The van der Waals surface area contributed by atoms with E-state index in [2.05, 4.69) is 5.32 Å². The van der Waals surface area contributed by atoms with E-state index >= 15 is 0 Å². The summed E-state index contributed by atoms with van der Waals surface area (Å²) in [6, 6.07) is 11.4. The molecule has 9 nitrogen and oxygen atoms in total. The van der Waals surface area contributed by atoms with Crippen molar-refractivity contribution in [1.29, 1.82) is 0 Å². The molecular weight excluding hydrogens is 580 g/mol. The number of hydrogen-bond donors (Lipinski definition) is 2. The number of carboxylic acid groups (broad SMARTS) is 1. The highest BCUT2D eigenvalue weighted by atomic mass is 19.1. The van der Waals surface area contributed by atoms with Crippen molar-refractivity contribution >= 4 is 17.9 Å². The number of amides is 3. The van der Waals surface area contributed by atoms with Crippen LogP contribution in [0.2, 0.25) is 0 Å². The second-order valence-corrected chi connectivity index (χ2v) is 13.3. The lowest BCUT2D eigenvalue weighted by molar-refractivity contribution is -0.134. The average molecular weight is 626 g/mol. The Morgan fingerprint density at radius 3 is 2.22 bits per heavy atom. The Bertz CT molecular complexity index is 1490. The van der Waals surface area contributed by atoms with Crippen LogP contribution in [0.4, 0.5) is 13.6 Å². The van der Waals surface area contributed by atoms with Crippen LogP contribution in [0.15, 0.2) is 54.7 Å². The second kappa shape index (κ2) is 14.2. The Morgan fingerprint density at radius 2 is 1.67 bits per heavy atom. The van der Waals surface area contributed by atoms with Crippen molar-refractivity contribution in [3.8, 4) is 11.3 Å². The first kappa shape index (κ1) is 35.2. The van der Waals surface area contributed by atoms with Crippen molar-refractivity contribution < 1.29 is 28.3 Å². The summed E-state index contributed by atoms with van der Waals surface area (Å²) < 4.78 is 30.9. The van der Waals surface area contributed by atoms with E-state index in [-0.39, 0.29) is 30.3 Å². The summed E-state index contributed by atoms with van der Waals surface area (Å²) >= 11 is 0. The maximum atomic E-state index is 14.9. The summed E-state index contributed by atoms with van der Waals surface area (Å²) in [7, 11) is 0.